The number of pyridine rings is 1. The third-order valence-electron chi connectivity index (χ3n) is 2.98. The number of amides is 3. The van der Waals surface area contributed by atoms with Crippen molar-refractivity contribution < 1.29 is 14.4 Å². The Hall–Kier alpha value is -2.44. The van der Waals surface area contributed by atoms with Gasteiger partial charge in [-0.3, -0.25) is 19.7 Å². The van der Waals surface area contributed by atoms with Crippen LogP contribution in [-0.2, 0) is 9.59 Å². The van der Waals surface area contributed by atoms with Crippen LogP contribution in [0.5, 0.6) is 0 Å². The van der Waals surface area contributed by atoms with Gasteiger partial charge in [-0.2, -0.15) is 0 Å². The highest BCUT2D eigenvalue weighted by molar-refractivity contribution is 6.01. The molecular formula is C13H16N4O3. The summed E-state index contributed by atoms with van der Waals surface area (Å²) in [5.74, 6) is -0.246. The lowest BCUT2D eigenvalue weighted by molar-refractivity contribution is -0.133. The van der Waals surface area contributed by atoms with Gasteiger partial charge < -0.3 is 10.2 Å². The van der Waals surface area contributed by atoms with Crippen molar-refractivity contribution in [3.63, 3.8) is 0 Å². The molecule has 1 aliphatic rings. The fourth-order valence-corrected chi connectivity index (χ4v) is 1.87. The molecule has 1 saturated heterocycles. The zero-order valence-electron chi connectivity index (χ0n) is 11.3. The predicted octanol–water partition coefficient (Wildman–Crippen LogP) is 0.000500. The van der Waals surface area contributed by atoms with E-state index >= 15 is 0 Å². The molecule has 2 rings (SSSR count). The highest BCUT2D eigenvalue weighted by Gasteiger charge is 2.26. The summed E-state index contributed by atoms with van der Waals surface area (Å²) in [5, 5.41) is 5.21. The summed E-state index contributed by atoms with van der Waals surface area (Å²) in [6.45, 7) is 0. The van der Waals surface area contributed by atoms with E-state index in [2.05, 4.69) is 15.6 Å². The quantitative estimate of drug-likeness (QED) is 0.758. The molecule has 0 aromatic carbocycles. The van der Waals surface area contributed by atoms with Crippen LogP contribution in [0, 0.1) is 0 Å². The van der Waals surface area contributed by atoms with Crippen LogP contribution in [0.4, 0.5) is 5.82 Å². The Morgan fingerprint density at radius 2 is 2.15 bits per heavy atom. The van der Waals surface area contributed by atoms with E-state index in [9.17, 15) is 14.4 Å². The first-order valence-electron chi connectivity index (χ1n) is 6.25. The number of nitrogens with one attached hydrogen (secondary N) is 2. The lowest BCUT2D eigenvalue weighted by Gasteiger charge is -2.22. The summed E-state index contributed by atoms with van der Waals surface area (Å²) in [5.41, 5.74) is 0.476. The molecule has 0 saturated carbocycles. The summed E-state index contributed by atoms with van der Waals surface area (Å²) in [6.07, 6.45) is 2.20. The van der Waals surface area contributed by atoms with Gasteiger partial charge in [-0.05, 0) is 18.6 Å². The minimum absolute atomic E-state index is 0.134. The van der Waals surface area contributed by atoms with E-state index in [1.165, 1.54) is 11.1 Å². The van der Waals surface area contributed by atoms with Gasteiger partial charge in [-0.25, -0.2) is 4.98 Å². The molecular weight excluding hydrogens is 260 g/mol. The maximum absolute atomic E-state index is 11.7. The molecule has 0 radical (unpaired) electrons. The van der Waals surface area contributed by atoms with Crippen molar-refractivity contribution in [2.75, 3.05) is 19.4 Å². The van der Waals surface area contributed by atoms with Gasteiger partial charge in [-0.15, -0.1) is 0 Å². The monoisotopic (exact) mass is 276 g/mol. The van der Waals surface area contributed by atoms with Crippen molar-refractivity contribution in [2.45, 2.75) is 18.9 Å². The van der Waals surface area contributed by atoms with Crippen LogP contribution in [0.15, 0.2) is 18.3 Å². The lowest BCUT2D eigenvalue weighted by Crippen LogP contribution is -2.47. The third-order valence-corrected chi connectivity index (χ3v) is 2.98. The number of hydrogen-bond acceptors (Lipinski definition) is 5. The maximum atomic E-state index is 11.7. The summed E-state index contributed by atoms with van der Waals surface area (Å²) < 4.78 is 0. The number of aromatic nitrogens is 1. The molecule has 1 unspecified atom stereocenters. The molecule has 20 heavy (non-hydrogen) atoms. The lowest BCUT2D eigenvalue weighted by atomic mass is 10.1. The Morgan fingerprint density at radius 3 is 2.70 bits per heavy atom. The van der Waals surface area contributed by atoms with Gasteiger partial charge in [0, 0.05) is 26.7 Å². The van der Waals surface area contributed by atoms with Crippen molar-refractivity contribution in [1.29, 1.82) is 0 Å². The maximum Gasteiger partial charge on any atom is 0.254 e. The first-order valence-corrected chi connectivity index (χ1v) is 6.25. The standard InChI is InChI=1S/C13H16N4O3/c1-17(2)13(20)8-3-5-10(14-7-8)15-9-4-6-11(18)16-12(9)19/h3,5,7,9H,4,6H2,1-2H3,(H,14,15)(H,16,18,19). The van der Waals surface area contributed by atoms with Crippen LogP contribution in [0.25, 0.3) is 0 Å². The number of carbonyl (C=O) groups excluding carboxylic acids is 3. The topological polar surface area (TPSA) is 91.4 Å². The highest BCUT2D eigenvalue weighted by atomic mass is 16.2. The average Bonchev–Trinajstić information content (AvgIpc) is 2.42. The summed E-state index contributed by atoms with van der Waals surface area (Å²) in [4.78, 5) is 39.9. The molecule has 7 heteroatoms. The minimum atomic E-state index is -0.476. The van der Waals surface area contributed by atoms with Crippen LogP contribution in [0.1, 0.15) is 23.2 Å². The molecule has 2 heterocycles. The number of piperidine rings is 1. The molecule has 106 valence electrons. The van der Waals surface area contributed by atoms with Crippen LogP contribution in [-0.4, -0.2) is 47.7 Å². The van der Waals surface area contributed by atoms with E-state index in [0.29, 0.717) is 24.2 Å². The van der Waals surface area contributed by atoms with Gasteiger partial charge in [0.1, 0.15) is 11.9 Å². The molecule has 2 N–H and O–H groups in total. The first-order chi connectivity index (χ1) is 9.47. The molecule has 1 aromatic rings. The van der Waals surface area contributed by atoms with Gasteiger partial charge in [0.05, 0.1) is 5.56 Å². The van der Waals surface area contributed by atoms with Crippen LogP contribution in [0.2, 0.25) is 0 Å². The third kappa shape index (κ3) is 3.11. The number of rotatable bonds is 3. The average molecular weight is 276 g/mol. The second kappa shape index (κ2) is 5.68. The molecule has 1 aromatic heterocycles. The fraction of sp³-hybridized carbons (Fsp3) is 0.385. The van der Waals surface area contributed by atoms with Crippen molar-refractivity contribution >= 4 is 23.5 Å². The van der Waals surface area contributed by atoms with E-state index < -0.39 is 6.04 Å². The Kier molecular flexibility index (Phi) is 3.97. The minimum Gasteiger partial charge on any atom is -0.358 e. The van der Waals surface area contributed by atoms with Gasteiger partial charge in [-0.1, -0.05) is 0 Å². The zero-order valence-corrected chi connectivity index (χ0v) is 11.3. The number of nitrogens with zero attached hydrogens (tertiary/aromatic N) is 2. The number of anilines is 1. The van der Waals surface area contributed by atoms with Gasteiger partial charge in [0.2, 0.25) is 11.8 Å². The first kappa shape index (κ1) is 14.0. The van der Waals surface area contributed by atoms with Crippen LogP contribution < -0.4 is 10.6 Å². The summed E-state index contributed by atoms with van der Waals surface area (Å²) in [7, 11) is 3.33. The van der Waals surface area contributed by atoms with E-state index in [-0.39, 0.29) is 17.7 Å². The van der Waals surface area contributed by atoms with Crippen LogP contribution in [0.3, 0.4) is 0 Å². The van der Waals surface area contributed by atoms with Crippen molar-refractivity contribution in [3.05, 3.63) is 23.9 Å². The normalized spacial score (nSPS) is 18.4. The molecule has 0 bridgehead atoms. The molecule has 0 spiro atoms. The van der Waals surface area contributed by atoms with E-state index in [1.807, 2.05) is 0 Å². The SMILES string of the molecule is CN(C)C(=O)c1ccc(NC2CCC(=O)NC2=O)nc1. The fourth-order valence-electron chi connectivity index (χ4n) is 1.87. The molecule has 1 aliphatic heterocycles. The Morgan fingerprint density at radius 1 is 1.40 bits per heavy atom. The van der Waals surface area contributed by atoms with Gasteiger partial charge >= 0.3 is 0 Å². The molecule has 1 atom stereocenters. The van der Waals surface area contributed by atoms with Crippen molar-refractivity contribution in [3.8, 4) is 0 Å². The molecule has 7 nitrogen and oxygen atoms in total. The summed E-state index contributed by atoms with van der Waals surface area (Å²) in [6, 6.07) is 2.81. The highest BCUT2D eigenvalue weighted by Crippen LogP contribution is 2.12. The van der Waals surface area contributed by atoms with E-state index in [4.69, 9.17) is 0 Å². The predicted molar refractivity (Wildman–Crippen MR) is 72.0 cm³/mol. The van der Waals surface area contributed by atoms with Gasteiger partial charge in [0.15, 0.2) is 0 Å². The Balaban J connectivity index is 2.02. The second-order valence-corrected chi connectivity index (χ2v) is 4.78. The number of hydrogen-bond donors (Lipinski definition) is 2. The Labute approximate surface area is 116 Å². The molecule has 1 fully saturated rings. The number of carbonyl (C=O) groups is 3. The molecule has 3 amide bonds. The van der Waals surface area contributed by atoms with E-state index in [1.54, 1.807) is 26.2 Å². The summed E-state index contributed by atoms with van der Waals surface area (Å²) >= 11 is 0. The van der Waals surface area contributed by atoms with Crippen molar-refractivity contribution in [2.24, 2.45) is 0 Å². The smallest absolute Gasteiger partial charge is 0.254 e. The van der Waals surface area contributed by atoms with Crippen molar-refractivity contribution in [1.82, 2.24) is 15.2 Å². The second-order valence-electron chi connectivity index (χ2n) is 4.78. The van der Waals surface area contributed by atoms with Gasteiger partial charge in [0.25, 0.3) is 5.91 Å². The zero-order chi connectivity index (χ0) is 14.7. The molecule has 0 aliphatic carbocycles. The Bertz CT molecular complexity index is 539. The van der Waals surface area contributed by atoms with E-state index in [0.717, 1.165) is 0 Å². The van der Waals surface area contributed by atoms with Crippen LogP contribution >= 0.6 is 0 Å². The number of imide groups is 1. The largest absolute Gasteiger partial charge is 0.358 e.